The van der Waals surface area contributed by atoms with Gasteiger partial charge >= 0.3 is 0 Å². The Balaban J connectivity index is 0.000000673. The first kappa shape index (κ1) is 15.3. The van der Waals surface area contributed by atoms with E-state index >= 15 is 0 Å². The van der Waals surface area contributed by atoms with Crippen LogP contribution >= 0.6 is 0 Å². The van der Waals surface area contributed by atoms with E-state index in [0.717, 1.165) is 0 Å². The molecule has 0 unspecified atom stereocenters. The number of hydrogen-bond donors (Lipinski definition) is 0. The Morgan fingerprint density at radius 1 is 1.00 bits per heavy atom. The van der Waals surface area contributed by atoms with Crippen LogP contribution in [0.3, 0.4) is 0 Å². The van der Waals surface area contributed by atoms with Crippen molar-refractivity contribution in [2.45, 2.75) is 59.8 Å². The number of hydrogen-bond acceptors (Lipinski definition) is 1. The predicted molar refractivity (Wildman–Crippen MR) is 74.6 cm³/mol. The van der Waals surface area contributed by atoms with Crippen molar-refractivity contribution in [1.82, 2.24) is 4.90 Å². The summed E-state index contributed by atoms with van der Waals surface area (Å²) in [6, 6.07) is 0. The first-order chi connectivity index (χ1) is 7.79. The molecule has 1 nitrogen and oxygen atoms in total. The Labute approximate surface area is 102 Å². The molecule has 16 heavy (non-hydrogen) atoms. The van der Waals surface area contributed by atoms with Gasteiger partial charge in [-0.3, -0.25) is 0 Å². The van der Waals surface area contributed by atoms with Crippen LogP contribution in [-0.4, -0.2) is 18.0 Å². The molecule has 0 heterocycles. The fourth-order valence-electron chi connectivity index (χ4n) is 1.74. The molecular formula is C15H29N. The maximum Gasteiger partial charge on any atom is 0.0322 e. The van der Waals surface area contributed by atoms with Crippen molar-refractivity contribution in [2.24, 2.45) is 0 Å². The van der Waals surface area contributed by atoms with Crippen LogP contribution in [0.2, 0.25) is 0 Å². The summed E-state index contributed by atoms with van der Waals surface area (Å²) in [5, 5.41) is 0. The average molecular weight is 223 g/mol. The van der Waals surface area contributed by atoms with Crippen molar-refractivity contribution < 1.29 is 0 Å². The standard InChI is InChI=1S/C12H21N.C3H8/c1-3-10-13(11-4-2)12-8-6-5-7-9-12;1-3-2/h6,8-9H,3-5,7,10-11H2,1-2H3;3H2,1-2H3. The molecule has 0 aromatic rings. The highest BCUT2D eigenvalue weighted by molar-refractivity contribution is 5.21. The van der Waals surface area contributed by atoms with Crippen LogP contribution in [-0.2, 0) is 0 Å². The van der Waals surface area contributed by atoms with E-state index in [1.54, 1.807) is 0 Å². The third-order valence-electron chi connectivity index (χ3n) is 2.33. The molecule has 0 bridgehead atoms. The lowest BCUT2D eigenvalue weighted by atomic mass is 10.1. The van der Waals surface area contributed by atoms with E-state index < -0.39 is 0 Å². The predicted octanol–water partition coefficient (Wildman–Crippen LogP) is 4.76. The Morgan fingerprint density at radius 3 is 1.94 bits per heavy atom. The van der Waals surface area contributed by atoms with Gasteiger partial charge in [0.25, 0.3) is 0 Å². The fourth-order valence-corrected chi connectivity index (χ4v) is 1.74. The zero-order valence-corrected chi connectivity index (χ0v) is 11.6. The highest BCUT2D eigenvalue weighted by Gasteiger charge is 2.05. The van der Waals surface area contributed by atoms with E-state index in [0.29, 0.717) is 0 Å². The highest BCUT2D eigenvalue weighted by Crippen LogP contribution is 2.14. The van der Waals surface area contributed by atoms with E-state index in [2.05, 4.69) is 50.8 Å². The average Bonchev–Trinajstić information content (AvgIpc) is 2.31. The van der Waals surface area contributed by atoms with E-state index in [9.17, 15) is 0 Å². The molecule has 0 fully saturated rings. The van der Waals surface area contributed by atoms with Gasteiger partial charge in [-0.05, 0) is 31.8 Å². The third-order valence-corrected chi connectivity index (χ3v) is 2.33. The van der Waals surface area contributed by atoms with Gasteiger partial charge in [-0.1, -0.05) is 46.3 Å². The lowest BCUT2D eigenvalue weighted by Gasteiger charge is -2.26. The second-order valence-electron chi connectivity index (χ2n) is 4.30. The van der Waals surface area contributed by atoms with Gasteiger partial charge in [0.05, 0.1) is 0 Å². The molecule has 0 radical (unpaired) electrons. The molecule has 0 spiro atoms. The molecule has 0 amide bonds. The van der Waals surface area contributed by atoms with Crippen LogP contribution in [0.1, 0.15) is 59.8 Å². The summed E-state index contributed by atoms with van der Waals surface area (Å²) in [6.45, 7) is 11.1. The SMILES string of the molecule is CCC.CCCN(CCC)C1=CCCC=C1. The molecule has 1 heteroatoms. The first-order valence-electron chi connectivity index (χ1n) is 6.91. The van der Waals surface area contributed by atoms with Gasteiger partial charge in [-0.25, -0.2) is 0 Å². The van der Waals surface area contributed by atoms with E-state index in [-0.39, 0.29) is 0 Å². The van der Waals surface area contributed by atoms with Gasteiger partial charge in [-0.15, -0.1) is 0 Å². The Hall–Kier alpha value is -0.720. The fraction of sp³-hybridized carbons (Fsp3) is 0.733. The Kier molecular flexibility index (Phi) is 10.3. The molecule has 1 aliphatic rings. The third kappa shape index (κ3) is 6.71. The van der Waals surface area contributed by atoms with Crippen LogP contribution in [0.5, 0.6) is 0 Å². The van der Waals surface area contributed by atoms with Gasteiger partial charge in [0, 0.05) is 18.8 Å². The molecule has 1 rings (SSSR count). The van der Waals surface area contributed by atoms with Crippen LogP contribution in [0.25, 0.3) is 0 Å². The second kappa shape index (κ2) is 10.8. The van der Waals surface area contributed by atoms with Gasteiger partial charge < -0.3 is 4.90 Å². The summed E-state index contributed by atoms with van der Waals surface area (Å²) in [6.07, 6.45) is 13.1. The van der Waals surface area contributed by atoms with Crippen molar-refractivity contribution in [1.29, 1.82) is 0 Å². The van der Waals surface area contributed by atoms with E-state index in [4.69, 9.17) is 0 Å². The molecule has 0 atom stereocenters. The van der Waals surface area contributed by atoms with Crippen LogP contribution in [0.15, 0.2) is 23.9 Å². The zero-order chi connectivity index (χ0) is 12.2. The monoisotopic (exact) mass is 223 g/mol. The number of rotatable bonds is 5. The van der Waals surface area contributed by atoms with Gasteiger partial charge in [-0.2, -0.15) is 0 Å². The van der Waals surface area contributed by atoms with E-state index in [1.165, 1.54) is 50.9 Å². The summed E-state index contributed by atoms with van der Waals surface area (Å²) >= 11 is 0. The van der Waals surface area contributed by atoms with E-state index in [1.807, 2.05) is 0 Å². The summed E-state index contributed by atoms with van der Waals surface area (Å²) in [7, 11) is 0. The van der Waals surface area contributed by atoms with Crippen molar-refractivity contribution in [3.63, 3.8) is 0 Å². The van der Waals surface area contributed by atoms with Crippen LogP contribution in [0, 0.1) is 0 Å². The second-order valence-corrected chi connectivity index (χ2v) is 4.30. The number of allylic oxidation sites excluding steroid dienone is 3. The minimum Gasteiger partial charge on any atom is -0.372 e. The Morgan fingerprint density at radius 2 is 1.56 bits per heavy atom. The van der Waals surface area contributed by atoms with Crippen LogP contribution < -0.4 is 0 Å². The van der Waals surface area contributed by atoms with Crippen molar-refractivity contribution in [2.75, 3.05) is 13.1 Å². The van der Waals surface area contributed by atoms with Gasteiger partial charge in [0.15, 0.2) is 0 Å². The molecule has 0 saturated heterocycles. The summed E-state index contributed by atoms with van der Waals surface area (Å²) in [5.41, 5.74) is 1.44. The summed E-state index contributed by atoms with van der Waals surface area (Å²) in [4.78, 5) is 2.50. The molecule has 0 saturated carbocycles. The topological polar surface area (TPSA) is 3.24 Å². The summed E-state index contributed by atoms with van der Waals surface area (Å²) < 4.78 is 0. The molecule has 0 aromatic carbocycles. The van der Waals surface area contributed by atoms with Crippen molar-refractivity contribution in [3.8, 4) is 0 Å². The largest absolute Gasteiger partial charge is 0.372 e. The minimum atomic E-state index is 1.20. The molecule has 94 valence electrons. The van der Waals surface area contributed by atoms with Crippen LogP contribution in [0.4, 0.5) is 0 Å². The summed E-state index contributed by atoms with van der Waals surface area (Å²) in [5.74, 6) is 0. The number of nitrogens with zero attached hydrogens (tertiary/aromatic N) is 1. The molecular weight excluding hydrogens is 194 g/mol. The smallest absolute Gasteiger partial charge is 0.0322 e. The Bertz CT molecular complexity index is 197. The van der Waals surface area contributed by atoms with Gasteiger partial charge in [0.1, 0.15) is 0 Å². The lowest BCUT2D eigenvalue weighted by molar-refractivity contribution is 0.352. The quantitative estimate of drug-likeness (QED) is 0.649. The normalized spacial score (nSPS) is 13.9. The maximum atomic E-state index is 2.50. The molecule has 0 aromatic heterocycles. The first-order valence-corrected chi connectivity index (χ1v) is 6.91. The van der Waals surface area contributed by atoms with Crippen molar-refractivity contribution >= 4 is 0 Å². The lowest BCUT2D eigenvalue weighted by Crippen LogP contribution is -2.24. The zero-order valence-electron chi connectivity index (χ0n) is 11.6. The minimum absolute atomic E-state index is 1.20. The molecule has 0 aliphatic heterocycles. The van der Waals surface area contributed by atoms with Gasteiger partial charge in [0.2, 0.25) is 0 Å². The highest BCUT2D eigenvalue weighted by atomic mass is 15.1. The molecule has 1 aliphatic carbocycles. The maximum absolute atomic E-state index is 2.50. The van der Waals surface area contributed by atoms with Crippen molar-refractivity contribution in [3.05, 3.63) is 23.9 Å². The molecule has 0 N–H and O–H groups in total.